The average Bonchev–Trinajstić information content (AvgIpc) is 3.06. The lowest BCUT2D eigenvalue weighted by Gasteiger charge is -2.06. The Morgan fingerprint density at radius 1 is 1.50 bits per heavy atom. The summed E-state index contributed by atoms with van der Waals surface area (Å²) in [6.45, 7) is 0.389. The van der Waals surface area contributed by atoms with Crippen LogP contribution in [0.4, 0.5) is 0 Å². The zero-order valence-electron chi connectivity index (χ0n) is 10.4. The monoisotopic (exact) mass is 377 g/mol. The van der Waals surface area contributed by atoms with Crippen LogP contribution in [0.25, 0.3) is 10.7 Å². The Labute approximate surface area is 128 Å². The van der Waals surface area contributed by atoms with E-state index in [4.69, 9.17) is 4.52 Å². The zero-order valence-corrected chi connectivity index (χ0v) is 13.6. The summed E-state index contributed by atoms with van der Waals surface area (Å²) >= 11 is 4.91. The lowest BCUT2D eigenvalue weighted by molar-refractivity contribution is 0.360. The van der Waals surface area contributed by atoms with Crippen molar-refractivity contribution in [3.8, 4) is 10.7 Å². The van der Waals surface area contributed by atoms with Gasteiger partial charge in [-0.25, -0.2) is 8.42 Å². The lowest BCUT2D eigenvalue weighted by Crippen LogP contribution is -2.29. The number of hydrogen-bond donors (Lipinski definition) is 1. The van der Waals surface area contributed by atoms with E-state index in [9.17, 15) is 8.42 Å². The summed E-state index contributed by atoms with van der Waals surface area (Å²) in [7, 11) is -2.87. The van der Waals surface area contributed by atoms with Crippen molar-refractivity contribution < 1.29 is 12.9 Å². The third-order valence-corrected chi connectivity index (χ3v) is 6.42. The van der Waals surface area contributed by atoms with Crippen molar-refractivity contribution in [3.05, 3.63) is 21.8 Å². The summed E-state index contributed by atoms with van der Waals surface area (Å²) in [6.07, 6.45) is 0.640. The van der Waals surface area contributed by atoms with Crippen molar-refractivity contribution in [2.75, 3.05) is 11.5 Å². The highest BCUT2D eigenvalue weighted by Crippen LogP contribution is 2.29. The maximum atomic E-state index is 11.3. The molecule has 0 bridgehead atoms. The van der Waals surface area contributed by atoms with E-state index in [1.54, 1.807) is 0 Å². The van der Waals surface area contributed by atoms with Gasteiger partial charge in [0.1, 0.15) is 0 Å². The summed E-state index contributed by atoms with van der Waals surface area (Å²) < 4.78 is 28.9. The van der Waals surface area contributed by atoms with Crippen molar-refractivity contribution >= 4 is 37.1 Å². The van der Waals surface area contributed by atoms with E-state index in [1.165, 1.54) is 11.3 Å². The lowest BCUT2D eigenvalue weighted by atomic mass is 10.3. The topological polar surface area (TPSA) is 85.1 Å². The number of rotatable bonds is 4. The van der Waals surface area contributed by atoms with E-state index < -0.39 is 9.84 Å². The van der Waals surface area contributed by atoms with Gasteiger partial charge in [0.05, 0.1) is 26.7 Å². The Morgan fingerprint density at radius 2 is 2.35 bits per heavy atom. The van der Waals surface area contributed by atoms with Crippen molar-refractivity contribution in [3.63, 3.8) is 0 Å². The molecule has 1 aliphatic heterocycles. The number of halogens is 1. The van der Waals surface area contributed by atoms with Gasteiger partial charge >= 0.3 is 0 Å². The second kappa shape index (κ2) is 5.55. The first-order chi connectivity index (χ1) is 9.52. The SMILES string of the molecule is O=S1(=O)CCC(NCc2nc(-c3ccc(Br)s3)no2)C1. The van der Waals surface area contributed by atoms with E-state index in [0.717, 1.165) is 8.66 Å². The Bertz CT molecular complexity index is 710. The molecule has 0 spiro atoms. The molecule has 0 aliphatic carbocycles. The third kappa shape index (κ3) is 3.27. The van der Waals surface area contributed by atoms with E-state index >= 15 is 0 Å². The summed E-state index contributed by atoms with van der Waals surface area (Å²) in [5.74, 6) is 1.46. The van der Waals surface area contributed by atoms with E-state index in [-0.39, 0.29) is 17.5 Å². The van der Waals surface area contributed by atoms with Crippen LogP contribution in [0.1, 0.15) is 12.3 Å². The van der Waals surface area contributed by atoms with Crippen LogP contribution in [0.3, 0.4) is 0 Å². The van der Waals surface area contributed by atoms with Crippen LogP contribution in [0, 0.1) is 0 Å². The fraction of sp³-hybridized carbons (Fsp3) is 0.455. The highest BCUT2D eigenvalue weighted by atomic mass is 79.9. The first-order valence-corrected chi connectivity index (χ1v) is 9.47. The molecule has 2 aromatic rings. The second-order valence-electron chi connectivity index (χ2n) is 4.60. The molecule has 3 heterocycles. The fourth-order valence-electron chi connectivity index (χ4n) is 2.05. The Morgan fingerprint density at radius 3 is 3.00 bits per heavy atom. The van der Waals surface area contributed by atoms with Crippen LogP contribution >= 0.6 is 27.3 Å². The highest BCUT2D eigenvalue weighted by Gasteiger charge is 2.27. The van der Waals surface area contributed by atoms with Gasteiger partial charge in [-0.1, -0.05) is 5.16 Å². The van der Waals surface area contributed by atoms with Gasteiger partial charge in [-0.2, -0.15) is 4.98 Å². The van der Waals surface area contributed by atoms with Crippen LogP contribution in [-0.4, -0.2) is 36.1 Å². The molecule has 0 amide bonds. The molecule has 0 saturated carbocycles. The van der Waals surface area contributed by atoms with Crippen molar-refractivity contribution in [2.45, 2.75) is 19.0 Å². The first kappa shape index (κ1) is 14.2. The zero-order chi connectivity index (χ0) is 14.2. The van der Waals surface area contributed by atoms with Gasteiger partial charge in [-0.05, 0) is 34.5 Å². The second-order valence-corrected chi connectivity index (χ2v) is 9.29. The van der Waals surface area contributed by atoms with Crippen molar-refractivity contribution in [1.82, 2.24) is 15.5 Å². The van der Waals surface area contributed by atoms with Gasteiger partial charge < -0.3 is 9.84 Å². The minimum absolute atomic E-state index is 0.0220. The largest absolute Gasteiger partial charge is 0.338 e. The molecule has 0 radical (unpaired) electrons. The Kier molecular flexibility index (Phi) is 3.93. The molecular weight excluding hydrogens is 366 g/mol. The molecule has 1 unspecified atom stereocenters. The number of sulfone groups is 1. The van der Waals surface area contributed by atoms with Crippen molar-refractivity contribution in [2.24, 2.45) is 0 Å². The molecule has 1 fully saturated rings. The molecule has 3 rings (SSSR count). The maximum Gasteiger partial charge on any atom is 0.240 e. The number of thiophene rings is 1. The van der Waals surface area contributed by atoms with Crippen LogP contribution < -0.4 is 5.32 Å². The third-order valence-electron chi connectivity index (χ3n) is 3.04. The normalized spacial score (nSPS) is 21.4. The molecule has 20 heavy (non-hydrogen) atoms. The molecular formula is C11H12BrN3O3S2. The van der Waals surface area contributed by atoms with Crippen LogP contribution in [-0.2, 0) is 16.4 Å². The molecule has 1 N–H and O–H groups in total. The summed E-state index contributed by atoms with van der Waals surface area (Å²) in [4.78, 5) is 5.22. The van der Waals surface area contributed by atoms with Gasteiger partial charge in [0.25, 0.3) is 0 Å². The van der Waals surface area contributed by atoms with Gasteiger partial charge in [0, 0.05) is 6.04 Å². The standard InChI is InChI=1S/C11H12BrN3O3S2/c12-9-2-1-8(19-9)11-14-10(18-15-11)5-13-7-3-4-20(16,17)6-7/h1-2,7,13H,3-6H2. The minimum atomic E-state index is -2.87. The van der Waals surface area contributed by atoms with Gasteiger partial charge in [-0.15, -0.1) is 11.3 Å². The quantitative estimate of drug-likeness (QED) is 0.874. The minimum Gasteiger partial charge on any atom is -0.338 e. The first-order valence-electron chi connectivity index (χ1n) is 6.04. The number of nitrogens with one attached hydrogen (secondary N) is 1. The number of nitrogens with zero attached hydrogens (tertiary/aromatic N) is 2. The summed E-state index contributed by atoms with van der Waals surface area (Å²) in [6, 6.07) is 3.82. The predicted octanol–water partition coefficient (Wildman–Crippen LogP) is 1.84. The van der Waals surface area contributed by atoms with Gasteiger partial charge in [0.2, 0.25) is 11.7 Å². The Hall–Kier alpha value is -0.770. The Balaban J connectivity index is 1.61. The van der Waals surface area contributed by atoms with E-state index in [0.29, 0.717) is 24.7 Å². The van der Waals surface area contributed by atoms with Crippen LogP contribution in [0.15, 0.2) is 20.4 Å². The molecule has 2 aromatic heterocycles. The summed E-state index contributed by atoms with van der Waals surface area (Å²) in [5.41, 5.74) is 0. The number of hydrogen-bond acceptors (Lipinski definition) is 7. The molecule has 1 atom stereocenters. The smallest absolute Gasteiger partial charge is 0.240 e. The molecule has 1 aliphatic rings. The van der Waals surface area contributed by atoms with Gasteiger partial charge in [-0.3, -0.25) is 0 Å². The predicted molar refractivity (Wildman–Crippen MR) is 79.2 cm³/mol. The van der Waals surface area contributed by atoms with Gasteiger partial charge in [0.15, 0.2) is 9.84 Å². The van der Waals surface area contributed by atoms with E-state index in [2.05, 4.69) is 31.4 Å². The highest BCUT2D eigenvalue weighted by molar-refractivity contribution is 9.11. The number of aromatic nitrogens is 2. The maximum absolute atomic E-state index is 11.3. The molecule has 1 saturated heterocycles. The van der Waals surface area contributed by atoms with Crippen molar-refractivity contribution in [1.29, 1.82) is 0 Å². The van der Waals surface area contributed by atoms with E-state index in [1.807, 2.05) is 12.1 Å². The summed E-state index contributed by atoms with van der Waals surface area (Å²) in [5, 5.41) is 7.06. The molecule has 0 aromatic carbocycles. The molecule has 6 nitrogen and oxygen atoms in total. The average molecular weight is 378 g/mol. The van der Waals surface area contributed by atoms with Crippen LogP contribution in [0.5, 0.6) is 0 Å². The fourth-order valence-corrected chi connectivity index (χ4v) is 5.07. The molecule has 9 heteroatoms. The van der Waals surface area contributed by atoms with Crippen LogP contribution in [0.2, 0.25) is 0 Å². The molecule has 108 valence electrons.